The van der Waals surface area contributed by atoms with Crippen LogP contribution in [0.2, 0.25) is 5.02 Å². The van der Waals surface area contributed by atoms with Crippen LogP contribution in [-0.2, 0) is 15.0 Å². The number of anilines is 2. The average molecular weight is 359 g/mol. The minimum atomic E-state index is -0.460. The van der Waals surface area contributed by atoms with E-state index in [-0.39, 0.29) is 11.8 Å². The van der Waals surface area contributed by atoms with Crippen LogP contribution in [0.1, 0.15) is 18.4 Å². The van der Waals surface area contributed by atoms with E-state index in [1.807, 2.05) is 42.5 Å². The summed E-state index contributed by atoms with van der Waals surface area (Å²) in [6, 6.07) is 13.1. The molecule has 2 aliphatic rings. The molecule has 2 aromatic rings. The van der Waals surface area contributed by atoms with E-state index in [1.54, 1.807) is 0 Å². The number of hydrogen-bond donors (Lipinski definition) is 2. The first-order valence-corrected chi connectivity index (χ1v) is 9.07. The molecule has 1 aliphatic carbocycles. The highest BCUT2D eigenvalue weighted by Crippen LogP contribution is 2.49. The number of benzene rings is 2. The molecule has 0 spiro atoms. The Morgan fingerprint density at radius 2 is 1.92 bits per heavy atom. The van der Waals surface area contributed by atoms with E-state index in [4.69, 9.17) is 11.6 Å². The second kappa shape index (κ2) is 5.83. The standard InChI is InChI=1S/C18H15ClN2O2S/c19-12-3-1-11(2-4-12)18(7-8-18)17(23)20-13-5-6-15-14(9-13)21-16(22)10-24-15/h1-6,9H,7-8,10H2,(H,20,23)(H,21,22). The Hall–Kier alpha value is -1.98. The molecule has 0 bridgehead atoms. The van der Waals surface area contributed by atoms with Crippen molar-refractivity contribution in [3.8, 4) is 0 Å². The van der Waals surface area contributed by atoms with E-state index in [9.17, 15) is 9.59 Å². The summed E-state index contributed by atoms with van der Waals surface area (Å²) in [6.07, 6.45) is 1.66. The lowest BCUT2D eigenvalue weighted by Gasteiger charge is -2.19. The summed E-state index contributed by atoms with van der Waals surface area (Å²) >= 11 is 7.44. The molecule has 0 saturated heterocycles. The normalized spacial score (nSPS) is 17.6. The van der Waals surface area contributed by atoms with Crippen molar-refractivity contribution in [2.24, 2.45) is 0 Å². The summed E-state index contributed by atoms with van der Waals surface area (Å²) in [5, 5.41) is 6.50. The molecule has 0 aromatic heterocycles. The molecule has 4 nitrogen and oxygen atoms in total. The molecule has 2 N–H and O–H groups in total. The monoisotopic (exact) mass is 358 g/mol. The number of nitrogens with one attached hydrogen (secondary N) is 2. The first-order valence-electron chi connectivity index (χ1n) is 7.71. The lowest BCUT2D eigenvalue weighted by atomic mass is 9.95. The first kappa shape index (κ1) is 15.5. The van der Waals surface area contributed by atoms with Gasteiger partial charge >= 0.3 is 0 Å². The fourth-order valence-electron chi connectivity index (χ4n) is 2.95. The largest absolute Gasteiger partial charge is 0.325 e. The second-order valence-electron chi connectivity index (χ2n) is 6.09. The predicted molar refractivity (Wildman–Crippen MR) is 96.8 cm³/mol. The van der Waals surface area contributed by atoms with Crippen molar-refractivity contribution < 1.29 is 9.59 Å². The Kier molecular flexibility index (Phi) is 3.77. The Morgan fingerprint density at radius 3 is 2.62 bits per heavy atom. The van der Waals surface area contributed by atoms with Crippen molar-refractivity contribution >= 4 is 46.6 Å². The molecule has 24 heavy (non-hydrogen) atoms. The van der Waals surface area contributed by atoms with Gasteiger partial charge in [0.15, 0.2) is 0 Å². The number of carbonyl (C=O) groups is 2. The number of hydrogen-bond acceptors (Lipinski definition) is 3. The van der Waals surface area contributed by atoms with Crippen molar-refractivity contribution in [2.75, 3.05) is 16.4 Å². The van der Waals surface area contributed by atoms with Crippen molar-refractivity contribution in [1.29, 1.82) is 0 Å². The maximum absolute atomic E-state index is 12.8. The van der Waals surface area contributed by atoms with Gasteiger partial charge in [0.1, 0.15) is 0 Å². The van der Waals surface area contributed by atoms with Gasteiger partial charge < -0.3 is 10.6 Å². The number of amides is 2. The van der Waals surface area contributed by atoms with Gasteiger partial charge in [0.2, 0.25) is 11.8 Å². The molecular formula is C18H15ClN2O2S. The van der Waals surface area contributed by atoms with Gasteiger partial charge in [-0.05, 0) is 48.7 Å². The number of carbonyl (C=O) groups excluding carboxylic acids is 2. The second-order valence-corrected chi connectivity index (χ2v) is 7.54. The van der Waals surface area contributed by atoms with E-state index in [0.717, 1.165) is 29.0 Å². The minimum absolute atomic E-state index is 0.0143. The molecule has 1 saturated carbocycles. The highest BCUT2D eigenvalue weighted by Gasteiger charge is 2.51. The topological polar surface area (TPSA) is 58.2 Å². The summed E-state index contributed by atoms with van der Waals surface area (Å²) in [6.45, 7) is 0. The van der Waals surface area contributed by atoms with Crippen LogP contribution in [0.25, 0.3) is 0 Å². The van der Waals surface area contributed by atoms with Crippen LogP contribution in [0.3, 0.4) is 0 Å². The van der Waals surface area contributed by atoms with Crippen LogP contribution in [0, 0.1) is 0 Å². The molecule has 0 atom stereocenters. The zero-order chi connectivity index (χ0) is 16.7. The predicted octanol–water partition coefficient (Wildman–Crippen LogP) is 4.05. The van der Waals surface area contributed by atoms with E-state index >= 15 is 0 Å². The van der Waals surface area contributed by atoms with Crippen LogP contribution < -0.4 is 10.6 Å². The lowest BCUT2D eigenvalue weighted by Crippen LogP contribution is -2.28. The maximum atomic E-state index is 12.8. The molecule has 2 aromatic carbocycles. The van der Waals surface area contributed by atoms with Gasteiger partial charge in [0, 0.05) is 15.6 Å². The highest BCUT2D eigenvalue weighted by atomic mass is 35.5. The summed E-state index contributed by atoms with van der Waals surface area (Å²) in [4.78, 5) is 25.3. The Bertz CT molecular complexity index is 831. The fourth-order valence-corrected chi connectivity index (χ4v) is 3.87. The molecule has 6 heteroatoms. The molecular weight excluding hydrogens is 344 g/mol. The van der Waals surface area contributed by atoms with Gasteiger partial charge in [0.25, 0.3) is 0 Å². The maximum Gasteiger partial charge on any atom is 0.235 e. The fraction of sp³-hybridized carbons (Fsp3) is 0.222. The third-order valence-electron chi connectivity index (χ3n) is 4.45. The van der Waals surface area contributed by atoms with Crippen molar-refractivity contribution in [2.45, 2.75) is 23.2 Å². The van der Waals surface area contributed by atoms with Crippen LogP contribution in [0.5, 0.6) is 0 Å². The molecule has 2 amide bonds. The van der Waals surface area contributed by atoms with E-state index in [0.29, 0.717) is 16.5 Å². The molecule has 0 unspecified atom stereocenters. The Labute approximate surface area is 149 Å². The third-order valence-corrected chi connectivity index (χ3v) is 5.78. The van der Waals surface area contributed by atoms with Gasteiger partial charge in [-0.25, -0.2) is 0 Å². The van der Waals surface area contributed by atoms with E-state index < -0.39 is 5.41 Å². The van der Waals surface area contributed by atoms with Crippen molar-refractivity contribution in [3.63, 3.8) is 0 Å². The molecule has 0 radical (unpaired) electrons. The third kappa shape index (κ3) is 2.78. The van der Waals surface area contributed by atoms with Crippen molar-refractivity contribution in [3.05, 3.63) is 53.1 Å². The quantitative estimate of drug-likeness (QED) is 0.870. The molecule has 1 heterocycles. The SMILES string of the molecule is O=C1CSc2ccc(NC(=O)C3(c4ccc(Cl)cc4)CC3)cc2N1. The van der Waals surface area contributed by atoms with Crippen molar-refractivity contribution in [1.82, 2.24) is 0 Å². The van der Waals surface area contributed by atoms with E-state index in [2.05, 4.69) is 10.6 Å². The average Bonchev–Trinajstić information content (AvgIpc) is 3.37. The Morgan fingerprint density at radius 1 is 1.17 bits per heavy atom. The zero-order valence-corrected chi connectivity index (χ0v) is 14.3. The number of rotatable bonds is 3. The lowest BCUT2D eigenvalue weighted by molar-refractivity contribution is -0.118. The van der Waals surface area contributed by atoms with Gasteiger partial charge in [-0.2, -0.15) is 0 Å². The van der Waals surface area contributed by atoms with Crippen LogP contribution in [0.4, 0.5) is 11.4 Å². The van der Waals surface area contributed by atoms with Gasteiger partial charge in [-0.1, -0.05) is 23.7 Å². The Balaban J connectivity index is 1.55. The summed E-state index contributed by atoms with van der Waals surface area (Å²) in [5.74, 6) is 0.397. The van der Waals surface area contributed by atoms with Crippen LogP contribution in [0.15, 0.2) is 47.4 Å². The number of fused-ring (bicyclic) bond motifs is 1. The highest BCUT2D eigenvalue weighted by molar-refractivity contribution is 8.00. The smallest absolute Gasteiger partial charge is 0.235 e. The van der Waals surface area contributed by atoms with Gasteiger partial charge in [-0.3, -0.25) is 9.59 Å². The molecule has 1 fully saturated rings. The summed E-state index contributed by atoms with van der Waals surface area (Å²) < 4.78 is 0. The van der Waals surface area contributed by atoms with E-state index in [1.165, 1.54) is 11.8 Å². The van der Waals surface area contributed by atoms with Gasteiger partial charge in [0.05, 0.1) is 16.9 Å². The molecule has 4 rings (SSSR count). The number of halogens is 1. The first-order chi connectivity index (χ1) is 11.6. The molecule has 122 valence electrons. The number of thioether (sulfide) groups is 1. The van der Waals surface area contributed by atoms with Gasteiger partial charge in [-0.15, -0.1) is 11.8 Å². The summed E-state index contributed by atoms with van der Waals surface area (Å²) in [5.41, 5.74) is 1.98. The van der Waals surface area contributed by atoms with Crippen LogP contribution in [-0.4, -0.2) is 17.6 Å². The molecule has 1 aliphatic heterocycles. The minimum Gasteiger partial charge on any atom is -0.325 e. The summed E-state index contributed by atoms with van der Waals surface area (Å²) in [7, 11) is 0. The van der Waals surface area contributed by atoms with Crippen LogP contribution >= 0.6 is 23.4 Å². The zero-order valence-electron chi connectivity index (χ0n) is 12.8.